The van der Waals surface area contributed by atoms with Crippen molar-refractivity contribution < 1.29 is 32.2 Å². The van der Waals surface area contributed by atoms with Crippen LogP contribution < -0.4 is 9.04 Å². The highest BCUT2D eigenvalue weighted by atomic mass is 32.2. The maximum Gasteiger partial charge on any atom is 0.429 e. The van der Waals surface area contributed by atoms with Crippen LogP contribution in [0.3, 0.4) is 0 Å². The lowest BCUT2D eigenvalue weighted by atomic mass is 10.2. The van der Waals surface area contributed by atoms with E-state index >= 15 is 0 Å². The van der Waals surface area contributed by atoms with Crippen LogP contribution in [0.15, 0.2) is 18.2 Å². The Kier molecular flexibility index (Phi) is 5.83. The van der Waals surface area contributed by atoms with E-state index in [1.54, 1.807) is 20.8 Å². The number of rotatable bonds is 4. The summed E-state index contributed by atoms with van der Waals surface area (Å²) in [5.74, 6) is -0.601. The molecule has 0 saturated heterocycles. The second-order valence-corrected chi connectivity index (χ2v) is 7.72. The number of sulfonamides is 1. The molecule has 0 fully saturated rings. The first-order valence-corrected chi connectivity index (χ1v) is 8.75. The molecule has 0 heterocycles. The van der Waals surface area contributed by atoms with Crippen molar-refractivity contribution in [2.75, 3.05) is 24.8 Å². The lowest BCUT2D eigenvalue weighted by Crippen LogP contribution is -2.40. The van der Waals surface area contributed by atoms with Crippen molar-refractivity contribution in [2.45, 2.75) is 26.4 Å². The Balaban J connectivity index is 3.53. The van der Waals surface area contributed by atoms with Crippen molar-refractivity contribution in [3.63, 3.8) is 0 Å². The summed E-state index contributed by atoms with van der Waals surface area (Å²) in [6, 6.07) is 3.95. The van der Waals surface area contributed by atoms with Gasteiger partial charge in [-0.2, -0.15) is 4.31 Å². The van der Waals surface area contributed by atoms with E-state index in [1.165, 1.54) is 32.4 Å². The third-order valence-corrected chi connectivity index (χ3v) is 3.72. The monoisotopic (exact) mass is 359 g/mol. The molecule has 1 rings (SSSR count). The number of carbonyl (C=O) groups excluding carboxylic acids is 2. The summed E-state index contributed by atoms with van der Waals surface area (Å²) >= 11 is 0. The molecule has 0 N–H and O–H groups in total. The van der Waals surface area contributed by atoms with Gasteiger partial charge in [-0.15, -0.1) is 0 Å². The molecule has 0 radical (unpaired) electrons. The molecule has 0 saturated carbocycles. The van der Waals surface area contributed by atoms with E-state index in [1.807, 2.05) is 0 Å². The Labute approximate surface area is 141 Å². The van der Waals surface area contributed by atoms with Gasteiger partial charge < -0.3 is 14.2 Å². The van der Waals surface area contributed by atoms with E-state index in [9.17, 15) is 18.0 Å². The van der Waals surface area contributed by atoms with Gasteiger partial charge in [-0.05, 0) is 39.0 Å². The van der Waals surface area contributed by atoms with Crippen LogP contribution in [0.2, 0.25) is 0 Å². The number of hydrogen-bond acceptors (Lipinski definition) is 7. The second-order valence-electron chi connectivity index (χ2n) is 5.89. The van der Waals surface area contributed by atoms with Crippen LogP contribution in [-0.4, -0.2) is 46.6 Å². The van der Waals surface area contributed by atoms with Crippen molar-refractivity contribution in [3.05, 3.63) is 23.8 Å². The quantitative estimate of drug-likeness (QED) is 0.760. The fraction of sp³-hybridized carbons (Fsp3) is 0.467. The highest BCUT2D eigenvalue weighted by Crippen LogP contribution is 2.32. The molecule has 0 aliphatic carbocycles. The SMILES string of the molecule is COC(=O)c1ccc(OC)c(N(C(=O)OC(C)(C)C)S(C)(=O)=O)c1. The Morgan fingerprint density at radius 2 is 1.71 bits per heavy atom. The number of amides is 1. The van der Waals surface area contributed by atoms with Gasteiger partial charge in [0.2, 0.25) is 10.0 Å². The summed E-state index contributed by atoms with van der Waals surface area (Å²) in [6.07, 6.45) is -0.258. The standard InChI is InChI=1S/C15H21NO7S/c1-15(2,3)23-14(18)16(24(6,19)20)11-9-10(13(17)22-5)7-8-12(11)21-4/h7-9H,1-6H3. The molecule has 0 spiro atoms. The summed E-state index contributed by atoms with van der Waals surface area (Å²) in [4.78, 5) is 24.1. The summed E-state index contributed by atoms with van der Waals surface area (Å²) in [6.45, 7) is 4.81. The van der Waals surface area contributed by atoms with E-state index in [0.717, 1.165) is 6.26 Å². The Hall–Kier alpha value is -2.29. The molecule has 1 aromatic carbocycles. The molecule has 1 amide bonds. The third-order valence-electron chi connectivity index (χ3n) is 2.71. The predicted molar refractivity (Wildman–Crippen MR) is 87.9 cm³/mol. The maximum atomic E-state index is 12.4. The molecule has 0 aromatic heterocycles. The highest BCUT2D eigenvalue weighted by Gasteiger charge is 2.33. The van der Waals surface area contributed by atoms with Crippen molar-refractivity contribution in [1.82, 2.24) is 0 Å². The summed E-state index contributed by atoms with van der Waals surface area (Å²) in [7, 11) is -1.54. The van der Waals surface area contributed by atoms with Gasteiger partial charge in [0.15, 0.2) is 0 Å². The van der Waals surface area contributed by atoms with Gasteiger partial charge >= 0.3 is 12.1 Å². The first-order valence-electron chi connectivity index (χ1n) is 6.90. The number of ether oxygens (including phenoxy) is 3. The molecule has 24 heavy (non-hydrogen) atoms. The van der Waals surface area contributed by atoms with Crippen LogP contribution >= 0.6 is 0 Å². The molecule has 0 aliphatic rings. The zero-order valence-corrected chi connectivity index (χ0v) is 15.3. The van der Waals surface area contributed by atoms with Crippen molar-refractivity contribution in [2.24, 2.45) is 0 Å². The number of hydrogen-bond donors (Lipinski definition) is 0. The molecular formula is C15H21NO7S. The maximum absolute atomic E-state index is 12.4. The zero-order chi connectivity index (χ0) is 18.7. The Morgan fingerprint density at radius 3 is 2.12 bits per heavy atom. The highest BCUT2D eigenvalue weighted by molar-refractivity contribution is 7.92. The molecule has 1 aromatic rings. The van der Waals surface area contributed by atoms with E-state index in [2.05, 4.69) is 4.74 Å². The first kappa shape index (κ1) is 19.8. The Morgan fingerprint density at radius 1 is 1.12 bits per heavy atom. The number of carbonyl (C=O) groups is 2. The predicted octanol–water partition coefficient (Wildman–Crippen LogP) is 2.18. The van der Waals surface area contributed by atoms with Gasteiger partial charge in [0.25, 0.3) is 0 Å². The average molecular weight is 359 g/mol. The minimum atomic E-state index is -4.04. The number of esters is 1. The van der Waals surface area contributed by atoms with Gasteiger partial charge in [0.05, 0.1) is 26.0 Å². The Bertz CT molecular complexity index is 735. The number of anilines is 1. The van der Waals surface area contributed by atoms with Crippen molar-refractivity contribution >= 4 is 27.8 Å². The van der Waals surface area contributed by atoms with Crippen LogP contribution in [0.1, 0.15) is 31.1 Å². The minimum absolute atomic E-state index is 0.0607. The smallest absolute Gasteiger partial charge is 0.429 e. The fourth-order valence-electron chi connectivity index (χ4n) is 1.81. The molecule has 0 bridgehead atoms. The number of benzene rings is 1. The van der Waals surface area contributed by atoms with Crippen molar-refractivity contribution in [3.8, 4) is 5.75 Å². The summed E-state index contributed by atoms with van der Waals surface area (Å²) < 4.78 is 39.6. The zero-order valence-electron chi connectivity index (χ0n) is 14.4. The third kappa shape index (κ3) is 4.85. The molecular weight excluding hydrogens is 338 g/mol. The van der Waals surface area contributed by atoms with Crippen LogP contribution in [0.25, 0.3) is 0 Å². The van der Waals surface area contributed by atoms with Gasteiger partial charge in [0, 0.05) is 0 Å². The van der Waals surface area contributed by atoms with Crippen LogP contribution in [-0.2, 0) is 19.5 Å². The molecule has 0 aliphatic heterocycles. The molecule has 134 valence electrons. The molecule has 9 heteroatoms. The van der Waals surface area contributed by atoms with Crippen LogP contribution in [0.5, 0.6) is 5.75 Å². The summed E-state index contributed by atoms with van der Waals surface area (Å²) in [5, 5.41) is 0. The summed E-state index contributed by atoms with van der Waals surface area (Å²) in [5.41, 5.74) is -0.990. The van der Waals surface area contributed by atoms with E-state index in [0.29, 0.717) is 4.31 Å². The first-order chi connectivity index (χ1) is 10.9. The van der Waals surface area contributed by atoms with Gasteiger partial charge in [-0.3, -0.25) is 0 Å². The largest absolute Gasteiger partial charge is 0.495 e. The number of nitrogens with zero attached hydrogens (tertiary/aromatic N) is 1. The second kappa shape index (κ2) is 7.08. The number of methoxy groups -OCH3 is 2. The van der Waals surface area contributed by atoms with Crippen LogP contribution in [0, 0.1) is 0 Å². The van der Waals surface area contributed by atoms with Crippen molar-refractivity contribution in [1.29, 1.82) is 0 Å². The average Bonchev–Trinajstić information content (AvgIpc) is 2.43. The van der Waals surface area contributed by atoms with Gasteiger partial charge in [-0.25, -0.2) is 18.0 Å². The minimum Gasteiger partial charge on any atom is -0.495 e. The topological polar surface area (TPSA) is 99.2 Å². The van der Waals surface area contributed by atoms with E-state index in [4.69, 9.17) is 9.47 Å². The van der Waals surface area contributed by atoms with E-state index in [-0.39, 0.29) is 17.0 Å². The normalized spacial score (nSPS) is 11.6. The van der Waals surface area contributed by atoms with E-state index < -0.39 is 27.7 Å². The molecule has 8 nitrogen and oxygen atoms in total. The van der Waals surface area contributed by atoms with Crippen LogP contribution in [0.4, 0.5) is 10.5 Å². The molecule has 0 atom stereocenters. The fourth-order valence-corrected chi connectivity index (χ4v) is 2.62. The van der Waals surface area contributed by atoms with Gasteiger partial charge in [0.1, 0.15) is 17.0 Å². The molecule has 0 unspecified atom stereocenters. The van der Waals surface area contributed by atoms with Gasteiger partial charge in [-0.1, -0.05) is 0 Å². The lowest BCUT2D eigenvalue weighted by molar-refractivity contribution is 0.0589. The lowest BCUT2D eigenvalue weighted by Gasteiger charge is -2.27.